The third-order valence-electron chi connectivity index (χ3n) is 4.22. The first-order chi connectivity index (χ1) is 11.3. The smallest absolute Gasteiger partial charge is 0.171 e. The van der Waals surface area contributed by atoms with E-state index in [1.165, 1.54) is 11.1 Å². The Labute approximate surface area is 136 Å². The number of methoxy groups -OCH3 is 1. The molecule has 23 heavy (non-hydrogen) atoms. The maximum Gasteiger partial charge on any atom is 0.171 e. The number of hydrogen-bond acceptors (Lipinski definition) is 4. The lowest BCUT2D eigenvalue weighted by atomic mass is 10.0. The summed E-state index contributed by atoms with van der Waals surface area (Å²) in [7, 11) is 1.55. The maximum atomic E-state index is 11.0. The molecular formula is C19H21NO3. The Balaban J connectivity index is 1.58. The maximum absolute atomic E-state index is 11.0. The predicted molar refractivity (Wildman–Crippen MR) is 89.3 cm³/mol. The van der Waals surface area contributed by atoms with Crippen molar-refractivity contribution in [1.29, 1.82) is 0 Å². The van der Waals surface area contributed by atoms with Crippen LogP contribution in [0.3, 0.4) is 0 Å². The van der Waals surface area contributed by atoms with Crippen molar-refractivity contribution < 1.29 is 14.3 Å². The molecule has 4 heteroatoms. The van der Waals surface area contributed by atoms with Crippen LogP contribution >= 0.6 is 0 Å². The minimum atomic E-state index is 0.506. The van der Waals surface area contributed by atoms with Crippen LogP contribution in [0, 0.1) is 0 Å². The summed E-state index contributed by atoms with van der Waals surface area (Å²) in [6.07, 6.45) is 1.87. The van der Waals surface area contributed by atoms with E-state index in [1.54, 1.807) is 19.2 Å². The number of carbonyl (C=O) groups is 1. The zero-order valence-electron chi connectivity index (χ0n) is 13.3. The molecule has 2 aromatic rings. The van der Waals surface area contributed by atoms with E-state index in [9.17, 15) is 4.79 Å². The van der Waals surface area contributed by atoms with Crippen LogP contribution in [0.4, 0.5) is 0 Å². The van der Waals surface area contributed by atoms with Gasteiger partial charge in [0.05, 0.1) is 12.7 Å². The van der Waals surface area contributed by atoms with Crippen molar-refractivity contribution in [1.82, 2.24) is 4.90 Å². The molecule has 0 radical (unpaired) electrons. The van der Waals surface area contributed by atoms with Gasteiger partial charge in [-0.1, -0.05) is 30.3 Å². The number of hydrogen-bond donors (Lipinski definition) is 0. The molecule has 0 spiro atoms. The van der Waals surface area contributed by atoms with Crippen molar-refractivity contribution in [3.05, 3.63) is 59.2 Å². The predicted octanol–water partition coefficient (Wildman–Crippen LogP) is 2.94. The Bertz CT molecular complexity index is 684. The van der Waals surface area contributed by atoms with E-state index in [0.717, 1.165) is 32.3 Å². The molecule has 0 bridgehead atoms. The van der Waals surface area contributed by atoms with Gasteiger partial charge < -0.3 is 9.47 Å². The number of aldehydes is 1. The molecule has 0 amide bonds. The van der Waals surface area contributed by atoms with Gasteiger partial charge in [-0.25, -0.2) is 0 Å². The van der Waals surface area contributed by atoms with Gasteiger partial charge in [-0.15, -0.1) is 0 Å². The van der Waals surface area contributed by atoms with E-state index < -0.39 is 0 Å². The average Bonchev–Trinajstić information content (AvgIpc) is 2.61. The number of fused-ring (bicyclic) bond motifs is 1. The van der Waals surface area contributed by atoms with Gasteiger partial charge in [-0.05, 0) is 29.7 Å². The molecule has 0 aromatic heterocycles. The van der Waals surface area contributed by atoms with Gasteiger partial charge in [0.2, 0.25) is 0 Å². The standard InChI is InChI=1S/C19H21NO3/c1-22-19-17(14-21)7-4-8-18(19)23-12-11-20-10-9-15-5-2-3-6-16(15)13-20/h2-8,14H,9-13H2,1H3. The van der Waals surface area contributed by atoms with E-state index in [1.807, 2.05) is 6.07 Å². The van der Waals surface area contributed by atoms with Crippen molar-refractivity contribution in [3.63, 3.8) is 0 Å². The minimum absolute atomic E-state index is 0.506. The molecule has 0 fully saturated rings. The fraction of sp³-hybridized carbons (Fsp3) is 0.316. The lowest BCUT2D eigenvalue weighted by molar-refractivity contribution is 0.111. The Hall–Kier alpha value is -2.33. The molecule has 0 aliphatic carbocycles. The third kappa shape index (κ3) is 3.54. The Morgan fingerprint density at radius 1 is 1.13 bits per heavy atom. The molecule has 0 unspecified atom stereocenters. The van der Waals surface area contributed by atoms with Crippen LogP contribution in [-0.2, 0) is 13.0 Å². The molecule has 0 N–H and O–H groups in total. The van der Waals surface area contributed by atoms with Crippen LogP contribution in [0.1, 0.15) is 21.5 Å². The fourth-order valence-corrected chi connectivity index (χ4v) is 2.99. The van der Waals surface area contributed by atoms with Gasteiger partial charge in [-0.2, -0.15) is 0 Å². The van der Waals surface area contributed by atoms with E-state index in [-0.39, 0.29) is 0 Å². The second kappa shape index (κ2) is 7.29. The molecule has 2 aromatic carbocycles. The lowest BCUT2D eigenvalue weighted by Gasteiger charge is -2.28. The molecule has 1 aliphatic rings. The average molecular weight is 311 g/mol. The zero-order chi connectivity index (χ0) is 16.1. The van der Waals surface area contributed by atoms with Crippen LogP contribution in [0.25, 0.3) is 0 Å². The van der Waals surface area contributed by atoms with Crippen molar-refractivity contribution in [3.8, 4) is 11.5 Å². The summed E-state index contributed by atoms with van der Waals surface area (Å²) in [5.41, 5.74) is 3.36. The Morgan fingerprint density at radius 3 is 2.74 bits per heavy atom. The third-order valence-corrected chi connectivity index (χ3v) is 4.22. The summed E-state index contributed by atoms with van der Waals surface area (Å²) in [5.74, 6) is 1.13. The number of benzene rings is 2. The van der Waals surface area contributed by atoms with Crippen LogP contribution < -0.4 is 9.47 Å². The van der Waals surface area contributed by atoms with Crippen LogP contribution in [0.5, 0.6) is 11.5 Å². The number of nitrogens with zero attached hydrogens (tertiary/aromatic N) is 1. The first-order valence-corrected chi connectivity index (χ1v) is 7.86. The zero-order valence-corrected chi connectivity index (χ0v) is 13.3. The van der Waals surface area contributed by atoms with Gasteiger partial charge in [0.25, 0.3) is 0 Å². The van der Waals surface area contributed by atoms with Crippen LogP contribution in [-0.4, -0.2) is 38.0 Å². The summed E-state index contributed by atoms with van der Waals surface area (Å²) in [6.45, 7) is 3.43. The number of carbonyl (C=O) groups excluding carboxylic acids is 1. The number of para-hydroxylation sites is 1. The highest BCUT2D eigenvalue weighted by molar-refractivity contribution is 5.81. The van der Waals surface area contributed by atoms with Crippen molar-refractivity contribution in [2.45, 2.75) is 13.0 Å². The molecule has 1 aliphatic heterocycles. The highest BCUT2D eigenvalue weighted by Crippen LogP contribution is 2.30. The number of ether oxygens (including phenoxy) is 2. The Kier molecular flexibility index (Phi) is 4.93. The molecule has 120 valence electrons. The van der Waals surface area contributed by atoms with Gasteiger partial charge in [-0.3, -0.25) is 9.69 Å². The first kappa shape index (κ1) is 15.6. The van der Waals surface area contributed by atoms with Crippen LogP contribution in [0.2, 0.25) is 0 Å². The lowest BCUT2D eigenvalue weighted by Crippen LogP contribution is -2.33. The number of rotatable bonds is 6. The summed E-state index contributed by atoms with van der Waals surface area (Å²) in [5, 5.41) is 0. The highest BCUT2D eigenvalue weighted by Gasteiger charge is 2.16. The minimum Gasteiger partial charge on any atom is -0.492 e. The molecule has 1 heterocycles. The van der Waals surface area contributed by atoms with E-state index in [4.69, 9.17) is 9.47 Å². The summed E-state index contributed by atoms with van der Waals surface area (Å²) >= 11 is 0. The molecule has 0 atom stereocenters. The van der Waals surface area contributed by atoms with E-state index >= 15 is 0 Å². The second-order valence-electron chi connectivity index (χ2n) is 5.64. The molecule has 3 rings (SSSR count). The molecular weight excluding hydrogens is 290 g/mol. The monoisotopic (exact) mass is 311 g/mol. The molecule has 4 nitrogen and oxygen atoms in total. The fourth-order valence-electron chi connectivity index (χ4n) is 2.99. The van der Waals surface area contributed by atoms with E-state index in [2.05, 4.69) is 29.2 Å². The van der Waals surface area contributed by atoms with Crippen LogP contribution in [0.15, 0.2) is 42.5 Å². The SMILES string of the molecule is COc1c(C=O)cccc1OCCN1CCc2ccccc2C1. The van der Waals surface area contributed by atoms with Crippen molar-refractivity contribution >= 4 is 6.29 Å². The van der Waals surface area contributed by atoms with E-state index in [0.29, 0.717) is 23.7 Å². The topological polar surface area (TPSA) is 38.8 Å². The van der Waals surface area contributed by atoms with Gasteiger partial charge >= 0.3 is 0 Å². The normalized spacial score (nSPS) is 14.1. The first-order valence-electron chi connectivity index (χ1n) is 7.86. The van der Waals surface area contributed by atoms with Crippen molar-refractivity contribution in [2.75, 3.05) is 26.8 Å². The van der Waals surface area contributed by atoms with Crippen molar-refractivity contribution in [2.24, 2.45) is 0 Å². The largest absolute Gasteiger partial charge is 0.492 e. The summed E-state index contributed by atoms with van der Waals surface area (Å²) < 4.78 is 11.1. The molecule has 0 saturated heterocycles. The van der Waals surface area contributed by atoms with Gasteiger partial charge in [0.15, 0.2) is 17.8 Å². The highest BCUT2D eigenvalue weighted by atomic mass is 16.5. The Morgan fingerprint density at radius 2 is 1.96 bits per heavy atom. The molecule has 0 saturated carbocycles. The van der Waals surface area contributed by atoms with Gasteiger partial charge in [0, 0.05) is 19.6 Å². The second-order valence-corrected chi connectivity index (χ2v) is 5.64. The quantitative estimate of drug-likeness (QED) is 0.769. The summed E-state index contributed by atoms with van der Waals surface area (Å²) in [6, 6.07) is 14.0. The summed E-state index contributed by atoms with van der Waals surface area (Å²) in [4.78, 5) is 13.4. The van der Waals surface area contributed by atoms with Gasteiger partial charge in [0.1, 0.15) is 6.61 Å².